The van der Waals surface area contributed by atoms with Crippen molar-refractivity contribution < 1.29 is 4.74 Å². The number of methoxy groups -OCH3 is 1. The Balaban J connectivity index is 1.86. The highest BCUT2D eigenvalue weighted by Gasteiger charge is 2.13. The molecule has 29 heavy (non-hydrogen) atoms. The van der Waals surface area contributed by atoms with E-state index in [1.165, 1.54) is 0 Å². The summed E-state index contributed by atoms with van der Waals surface area (Å²) in [5.41, 5.74) is 5.97. The van der Waals surface area contributed by atoms with E-state index < -0.39 is 0 Å². The van der Waals surface area contributed by atoms with E-state index in [9.17, 15) is 4.79 Å². The van der Waals surface area contributed by atoms with Crippen LogP contribution in [0.15, 0.2) is 95.8 Å². The first-order valence-electron chi connectivity index (χ1n) is 9.53. The number of rotatable bonds is 3. The van der Waals surface area contributed by atoms with Crippen LogP contribution >= 0.6 is 0 Å². The number of aromatic nitrogens is 1. The van der Waals surface area contributed by atoms with Gasteiger partial charge in [-0.15, -0.1) is 0 Å². The number of hydrogen-bond donors (Lipinski definition) is 1. The summed E-state index contributed by atoms with van der Waals surface area (Å²) in [6.45, 7) is 0. The van der Waals surface area contributed by atoms with E-state index in [0.29, 0.717) is 10.8 Å². The summed E-state index contributed by atoms with van der Waals surface area (Å²) in [7, 11) is 1.66. The molecule has 5 rings (SSSR count). The van der Waals surface area contributed by atoms with Crippen LogP contribution in [0.3, 0.4) is 0 Å². The molecule has 0 bridgehead atoms. The number of fused-ring (bicyclic) bond motifs is 2. The number of ether oxygens (including phenoxy) is 1. The van der Waals surface area contributed by atoms with Gasteiger partial charge in [0.25, 0.3) is 0 Å². The molecule has 3 heteroatoms. The van der Waals surface area contributed by atoms with Gasteiger partial charge in [0.1, 0.15) is 5.75 Å². The van der Waals surface area contributed by atoms with E-state index >= 15 is 0 Å². The van der Waals surface area contributed by atoms with Crippen LogP contribution in [0, 0.1) is 0 Å². The molecule has 4 aromatic carbocycles. The predicted molar refractivity (Wildman–Crippen MR) is 119 cm³/mol. The minimum absolute atomic E-state index is 0.0489. The monoisotopic (exact) mass is 377 g/mol. The Morgan fingerprint density at radius 2 is 1.31 bits per heavy atom. The standard InChI is InChI=1S/C26H19NO2/c1-29-19-13-11-18(12-14-19)22-16-25-23(15-21(22)17-7-3-2-4-8-17)26(28)20-9-5-6-10-24(20)27-25/h2-16H,1H3,(H,27,28). The molecule has 1 heterocycles. The molecule has 5 aromatic rings. The van der Waals surface area contributed by atoms with Crippen LogP contribution in [0.1, 0.15) is 0 Å². The Kier molecular flexibility index (Phi) is 4.14. The highest BCUT2D eigenvalue weighted by Crippen LogP contribution is 2.35. The second kappa shape index (κ2) is 6.95. The first-order valence-corrected chi connectivity index (χ1v) is 9.53. The Labute approximate surface area is 168 Å². The maximum atomic E-state index is 13.2. The molecule has 0 aliphatic rings. The minimum Gasteiger partial charge on any atom is -0.497 e. The van der Waals surface area contributed by atoms with Crippen molar-refractivity contribution in [1.82, 2.24) is 4.98 Å². The lowest BCUT2D eigenvalue weighted by Crippen LogP contribution is -2.04. The van der Waals surface area contributed by atoms with Crippen molar-refractivity contribution in [3.63, 3.8) is 0 Å². The third-order valence-corrected chi connectivity index (χ3v) is 5.33. The fourth-order valence-corrected chi connectivity index (χ4v) is 3.84. The van der Waals surface area contributed by atoms with Gasteiger partial charge in [0, 0.05) is 16.3 Å². The molecule has 0 amide bonds. The highest BCUT2D eigenvalue weighted by atomic mass is 16.5. The molecule has 140 valence electrons. The zero-order chi connectivity index (χ0) is 19.8. The Bertz CT molecular complexity index is 1380. The normalized spacial score (nSPS) is 11.1. The average molecular weight is 377 g/mol. The number of pyridine rings is 1. The maximum absolute atomic E-state index is 13.2. The zero-order valence-electron chi connectivity index (χ0n) is 16.0. The lowest BCUT2D eigenvalue weighted by Gasteiger charge is -2.13. The quantitative estimate of drug-likeness (QED) is 0.390. The van der Waals surface area contributed by atoms with Crippen molar-refractivity contribution in [2.75, 3.05) is 7.11 Å². The zero-order valence-corrected chi connectivity index (χ0v) is 16.0. The SMILES string of the molecule is COc1ccc(-c2cc3[nH]c4ccccc4c(=O)c3cc2-c2ccccc2)cc1. The second-order valence-corrected chi connectivity index (χ2v) is 7.04. The van der Waals surface area contributed by atoms with Gasteiger partial charge in [-0.2, -0.15) is 0 Å². The van der Waals surface area contributed by atoms with Crippen molar-refractivity contribution in [2.24, 2.45) is 0 Å². The van der Waals surface area contributed by atoms with Crippen LogP contribution < -0.4 is 10.2 Å². The van der Waals surface area contributed by atoms with Gasteiger partial charge >= 0.3 is 0 Å². The number of aromatic amines is 1. The number of hydrogen-bond acceptors (Lipinski definition) is 2. The Morgan fingerprint density at radius 3 is 2.07 bits per heavy atom. The van der Waals surface area contributed by atoms with Gasteiger partial charge in [-0.25, -0.2) is 0 Å². The molecule has 1 N–H and O–H groups in total. The summed E-state index contributed by atoms with van der Waals surface area (Å²) in [5, 5.41) is 1.40. The molecular weight excluding hydrogens is 358 g/mol. The number of para-hydroxylation sites is 1. The second-order valence-electron chi connectivity index (χ2n) is 7.04. The maximum Gasteiger partial charge on any atom is 0.197 e. The number of H-pyrrole nitrogens is 1. The summed E-state index contributed by atoms with van der Waals surface area (Å²) in [4.78, 5) is 16.6. The van der Waals surface area contributed by atoms with Crippen LogP contribution in [-0.2, 0) is 0 Å². The molecule has 0 unspecified atom stereocenters. The molecule has 0 spiro atoms. The fourth-order valence-electron chi connectivity index (χ4n) is 3.84. The molecule has 1 aromatic heterocycles. The molecular formula is C26H19NO2. The smallest absolute Gasteiger partial charge is 0.197 e. The summed E-state index contributed by atoms with van der Waals surface area (Å²) < 4.78 is 5.31. The van der Waals surface area contributed by atoms with E-state index in [2.05, 4.69) is 23.2 Å². The van der Waals surface area contributed by atoms with Crippen LogP contribution in [0.2, 0.25) is 0 Å². The molecule has 0 aliphatic carbocycles. The van der Waals surface area contributed by atoms with Gasteiger partial charge in [0.15, 0.2) is 5.43 Å². The average Bonchev–Trinajstić information content (AvgIpc) is 2.79. The van der Waals surface area contributed by atoms with E-state index in [0.717, 1.165) is 39.0 Å². The molecule has 0 fully saturated rings. The van der Waals surface area contributed by atoms with Crippen molar-refractivity contribution in [3.05, 3.63) is 101 Å². The third kappa shape index (κ3) is 2.97. The van der Waals surface area contributed by atoms with Gasteiger partial charge in [0.05, 0.1) is 12.6 Å². The number of nitrogens with one attached hydrogen (secondary N) is 1. The van der Waals surface area contributed by atoms with Gasteiger partial charge in [0.2, 0.25) is 0 Å². The summed E-state index contributed by atoms with van der Waals surface area (Å²) in [6, 6.07) is 29.9. The van der Waals surface area contributed by atoms with Crippen molar-refractivity contribution in [2.45, 2.75) is 0 Å². The molecule has 0 atom stereocenters. The Hall–Kier alpha value is -3.85. The molecule has 0 saturated carbocycles. The van der Waals surface area contributed by atoms with Gasteiger partial charge in [-0.1, -0.05) is 54.6 Å². The van der Waals surface area contributed by atoms with Gasteiger partial charge in [-0.05, 0) is 58.7 Å². The van der Waals surface area contributed by atoms with Crippen molar-refractivity contribution in [3.8, 4) is 28.0 Å². The lowest BCUT2D eigenvalue weighted by molar-refractivity contribution is 0.415. The van der Waals surface area contributed by atoms with E-state index in [1.807, 2.05) is 72.8 Å². The van der Waals surface area contributed by atoms with Gasteiger partial charge in [-0.3, -0.25) is 4.79 Å². The van der Waals surface area contributed by atoms with E-state index in [-0.39, 0.29) is 5.43 Å². The minimum atomic E-state index is 0.0489. The topological polar surface area (TPSA) is 42.1 Å². The van der Waals surface area contributed by atoms with Crippen LogP contribution in [0.5, 0.6) is 5.75 Å². The molecule has 0 aliphatic heterocycles. The summed E-state index contributed by atoms with van der Waals surface area (Å²) in [6.07, 6.45) is 0. The molecule has 0 radical (unpaired) electrons. The van der Waals surface area contributed by atoms with E-state index in [1.54, 1.807) is 7.11 Å². The van der Waals surface area contributed by atoms with Crippen molar-refractivity contribution in [1.29, 1.82) is 0 Å². The summed E-state index contributed by atoms with van der Waals surface area (Å²) in [5.74, 6) is 0.815. The number of benzene rings is 4. The molecule has 0 saturated heterocycles. The summed E-state index contributed by atoms with van der Waals surface area (Å²) >= 11 is 0. The predicted octanol–water partition coefficient (Wildman–Crippen LogP) is 6.02. The first kappa shape index (κ1) is 17.3. The molecule has 3 nitrogen and oxygen atoms in total. The largest absolute Gasteiger partial charge is 0.497 e. The fraction of sp³-hybridized carbons (Fsp3) is 0.0385. The lowest BCUT2D eigenvalue weighted by atomic mass is 9.92. The van der Waals surface area contributed by atoms with Crippen LogP contribution in [-0.4, -0.2) is 12.1 Å². The van der Waals surface area contributed by atoms with Crippen molar-refractivity contribution >= 4 is 21.8 Å². The highest BCUT2D eigenvalue weighted by molar-refractivity contribution is 5.99. The van der Waals surface area contributed by atoms with Crippen LogP contribution in [0.25, 0.3) is 44.1 Å². The first-order chi connectivity index (χ1) is 14.2. The van der Waals surface area contributed by atoms with Crippen LogP contribution in [0.4, 0.5) is 0 Å². The van der Waals surface area contributed by atoms with E-state index in [4.69, 9.17) is 4.74 Å². The van der Waals surface area contributed by atoms with Gasteiger partial charge < -0.3 is 9.72 Å². The third-order valence-electron chi connectivity index (χ3n) is 5.33. The Morgan fingerprint density at radius 1 is 0.655 bits per heavy atom.